The van der Waals surface area contributed by atoms with Gasteiger partial charge in [-0.15, -0.1) is 0 Å². The highest BCUT2D eigenvalue weighted by Crippen LogP contribution is 2.34. The van der Waals surface area contributed by atoms with Crippen LogP contribution in [0.15, 0.2) is 82.6 Å². The van der Waals surface area contributed by atoms with Crippen molar-refractivity contribution in [3.05, 3.63) is 89.5 Å². The van der Waals surface area contributed by atoms with Crippen molar-refractivity contribution in [2.24, 2.45) is 0 Å². The first-order valence-electron chi connectivity index (χ1n) is 9.26. The number of nitrogens with one attached hydrogen (secondary N) is 1. The highest BCUT2D eigenvalue weighted by Gasteiger charge is 2.29. The lowest BCUT2D eigenvalue weighted by Gasteiger charge is -2.19. The van der Waals surface area contributed by atoms with Gasteiger partial charge in [-0.25, -0.2) is 4.21 Å². The maximum absolute atomic E-state index is 13.1. The fraction of sp³-hybridized carbons (Fsp3) is 0.130. The molecule has 1 aliphatic rings. The lowest BCUT2D eigenvalue weighted by Crippen LogP contribution is -2.28. The summed E-state index contributed by atoms with van der Waals surface area (Å²) in [5.41, 5.74) is 2.30. The molecule has 4 rings (SSSR count). The van der Waals surface area contributed by atoms with E-state index in [0.29, 0.717) is 26.6 Å². The van der Waals surface area contributed by atoms with Crippen molar-refractivity contribution < 1.29 is 13.8 Å². The van der Waals surface area contributed by atoms with Gasteiger partial charge < -0.3 is 10.2 Å². The molecule has 5 nitrogen and oxygen atoms in total. The minimum atomic E-state index is -1.50. The zero-order valence-corrected chi connectivity index (χ0v) is 16.9. The molecule has 0 saturated heterocycles. The Hall–Kier alpha value is -3.25. The third-order valence-electron chi connectivity index (χ3n) is 5.05. The van der Waals surface area contributed by atoms with E-state index in [4.69, 9.17) is 0 Å². The summed E-state index contributed by atoms with van der Waals surface area (Å²) in [7, 11) is 0.129. The van der Waals surface area contributed by atoms with E-state index in [0.717, 1.165) is 5.56 Å². The standard InChI is InChI=1S/C23H20N2O3S/c1-15(16-8-4-3-5-9-16)24-22(26)17-12-13-21-19(14-17)25(2)23(27)18-10-6-7-11-20(18)29(21)28/h3-15H,1-2H3,(H,24,26). The van der Waals surface area contributed by atoms with E-state index in [1.807, 2.05) is 37.3 Å². The van der Waals surface area contributed by atoms with Crippen LogP contribution < -0.4 is 10.2 Å². The molecule has 0 aromatic heterocycles. The molecule has 29 heavy (non-hydrogen) atoms. The highest BCUT2D eigenvalue weighted by molar-refractivity contribution is 7.85. The van der Waals surface area contributed by atoms with E-state index in [-0.39, 0.29) is 17.9 Å². The van der Waals surface area contributed by atoms with Gasteiger partial charge in [-0.2, -0.15) is 0 Å². The molecule has 0 radical (unpaired) electrons. The van der Waals surface area contributed by atoms with Crippen LogP contribution in [0.5, 0.6) is 0 Å². The first-order valence-corrected chi connectivity index (χ1v) is 10.4. The normalized spacial score (nSPS) is 16.4. The second-order valence-corrected chi connectivity index (χ2v) is 8.33. The molecule has 0 fully saturated rings. The molecule has 2 amide bonds. The molecule has 0 aliphatic carbocycles. The zero-order valence-electron chi connectivity index (χ0n) is 16.1. The predicted molar refractivity (Wildman–Crippen MR) is 113 cm³/mol. The van der Waals surface area contributed by atoms with Gasteiger partial charge >= 0.3 is 0 Å². The topological polar surface area (TPSA) is 66.5 Å². The molecule has 1 heterocycles. The summed E-state index contributed by atoms with van der Waals surface area (Å²) in [6.45, 7) is 1.91. The number of amides is 2. The van der Waals surface area contributed by atoms with Crippen LogP contribution in [0.2, 0.25) is 0 Å². The summed E-state index contributed by atoms with van der Waals surface area (Å²) in [6.07, 6.45) is 0. The van der Waals surface area contributed by atoms with E-state index < -0.39 is 10.8 Å². The Morgan fingerprint density at radius 2 is 1.66 bits per heavy atom. The minimum absolute atomic E-state index is 0.166. The average molecular weight is 404 g/mol. The summed E-state index contributed by atoms with van der Waals surface area (Å²) in [4.78, 5) is 28.1. The van der Waals surface area contributed by atoms with Crippen LogP contribution in [0.3, 0.4) is 0 Å². The molecule has 6 heteroatoms. The minimum Gasteiger partial charge on any atom is -0.346 e. The first kappa shape index (κ1) is 19.1. The summed E-state index contributed by atoms with van der Waals surface area (Å²) < 4.78 is 13.1. The Morgan fingerprint density at radius 3 is 2.41 bits per heavy atom. The van der Waals surface area contributed by atoms with Crippen molar-refractivity contribution in [1.82, 2.24) is 5.32 Å². The summed E-state index contributed by atoms with van der Waals surface area (Å²) in [6, 6.07) is 21.4. The van der Waals surface area contributed by atoms with Crippen molar-refractivity contribution in [3.63, 3.8) is 0 Å². The SMILES string of the molecule is CC(NC(=O)c1ccc2c(c1)N(C)C(=O)c1ccccc1S2=O)c1ccccc1. The second-order valence-electron chi connectivity index (χ2n) is 6.92. The lowest BCUT2D eigenvalue weighted by molar-refractivity contribution is 0.0937. The number of benzene rings is 3. The van der Waals surface area contributed by atoms with E-state index in [1.165, 1.54) is 4.90 Å². The van der Waals surface area contributed by atoms with Gasteiger partial charge in [-0.3, -0.25) is 9.59 Å². The van der Waals surface area contributed by atoms with Gasteiger partial charge in [0.1, 0.15) is 0 Å². The molecular formula is C23H20N2O3S. The monoisotopic (exact) mass is 404 g/mol. The number of anilines is 1. The Balaban J connectivity index is 1.68. The second kappa shape index (κ2) is 7.64. The Kier molecular flexibility index (Phi) is 5.03. The molecular weight excluding hydrogens is 384 g/mol. The first-order chi connectivity index (χ1) is 14.0. The molecule has 3 aromatic carbocycles. The molecule has 2 unspecified atom stereocenters. The molecule has 2 atom stereocenters. The van der Waals surface area contributed by atoms with Gasteiger partial charge in [0, 0.05) is 12.6 Å². The third-order valence-corrected chi connectivity index (χ3v) is 6.55. The third kappa shape index (κ3) is 3.47. The zero-order chi connectivity index (χ0) is 20.5. The molecule has 0 saturated carbocycles. The maximum atomic E-state index is 13.1. The number of hydrogen-bond acceptors (Lipinski definition) is 3. The summed E-state index contributed by atoms with van der Waals surface area (Å²) >= 11 is 0. The van der Waals surface area contributed by atoms with Crippen LogP contribution in [0.4, 0.5) is 5.69 Å². The quantitative estimate of drug-likeness (QED) is 0.719. The van der Waals surface area contributed by atoms with Crippen molar-refractivity contribution in [2.75, 3.05) is 11.9 Å². The average Bonchev–Trinajstić information content (AvgIpc) is 2.84. The Labute approximate surface area is 171 Å². The van der Waals surface area contributed by atoms with Gasteiger partial charge in [0.05, 0.1) is 37.9 Å². The summed E-state index contributed by atoms with van der Waals surface area (Å²) in [5, 5.41) is 2.97. The van der Waals surface area contributed by atoms with Gasteiger partial charge in [-0.05, 0) is 42.8 Å². The number of carbonyl (C=O) groups excluding carboxylic acids is 2. The van der Waals surface area contributed by atoms with Crippen LogP contribution >= 0.6 is 0 Å². The molecule has 0 bridgehead atoms. The fourth-order valence-corrected chi connectivity index (χ4v) is 4.77. The number of carbonyl (C=O) groups is 2. The van der Waals surface area contributed by atoms with Gasteiger partial charge in [0.2, 0.25) is 0 Å². The smallest absolute Gasteiger partial charge is 0.259 e. The van der Waals surface area contributed by atoms with Crippen molar-refractivity contribution in [1.29, 1.82) is 0 Å². The van der Waals surface area contributed by atoms with E-state index in [1.54, 1.807) is 49.5 Å². The Bertz CT molecular complexity index is 1130. The number of fused-ring (bicyclic) bond motifs is 2. The van der Waals surface area contributed by atoms with Gasteiger partial charge in [-0.1, -0.05) is 42.5 Å². The number of rotatable bonds is 3. The number of hydrogen-bond donors (Lipinski definition) is 1. The van der Waals surface area contributed by atoms with E-state index in [9.17, 15) is 13.8 Å². The van der Waals surface area contributed by atoms with Crippen LogP contribution in [0.1, 0.15) is 39.2 Å². The predicted octanol–water partition coefficient (Wildman–Crippen LogP) is 3.93. The van der Waals surface area contributed by atoms with Crippen LogP contribution in [0, 0.1) is 0 Å². The molecule has 3 aromatic rings. The van der Waals surface area contributed by atoms with Gasteiger partial charge in [0.15, 0.2) is 0 Å². The highest BCUT2D eigenvalue weighted by atomic mass is 32.2. The molecule has 1 aliphatic heterocycles. The lowest BCUT2D eigenvalue weighted by atomic mass is 10.1. The molecule has 146 valence electrons. The Morgan fingerprint density at radius 1 is 0.966 bits per heavy atom. The van der Waals surface area contributed by atoms with E-state index >= 15 is 0 Å². The number of nitrogens with zero attached hydrogens (tertiary/aromatic N) is 1. The van der Waals surface area contributed by atoms with Crippen LogP contribution in [-0.2, 0) is 10.8 Å². The molecule has 0 spiro atoms. The molecule has 1 N–H and O–H groups in total. The fourth-order valence-electron chi connectivity index (χ4n) is 3.40. The van der Waals surface area contributed by atoms with Crippen LogP contribution in [0.25, 0.3) is 0 Å². The maximum Gasteiger partial charge on any atom is 0.259 e. The van der Waals surface area contributed by atoms with E-state index in [2.05, 4.69) is 5.32 Å². The van der Waals surface area contributed by atoms with Crippen molar-refractivity contribution >= 4 is 28.3 Å². The van der Waals surface area contributed by atoms with Crippen molar-refractivity contribution in [2.45, 2.75) is 22.8 Å². The van der Waals surface area contributed by atoms with Gasteiger partial charge in [0.25, 0.3) is 11.8 Å². The van der Waals surface area contributed by atoms with Crippen molar-refractivity contribution in [3.8, 4) is 0 Å². The largest absolute Gasteiger partial charge is 0.346 e. The van der Waals surface area contributed by atoms with Crippen LogP contribution in [-0.4, -0.2) is 23.1 Å². The summed E-state index contributed by atoms with van der Waals surface area (Å²) in [5.74, 6) is -0.500.